The summed E-state index contributed by atoms with van der Waals surface area (Å²) < 4.78 is 0. The van der Waals surface area contributed by atoms with Gasteiger partial charge in [-0.25, -0.2) is 0 Å². The van der Waals surface area contributed by atoms with Crippen LogP contribution in [0.4, 0.5) is 0 Å². The van der Waals surface area contributed by atoms with Crippen LogP contribution in [0.3, 0.4) is 0 Å². The van der Waals surface area contributed by atoms with E-state index in [9.17, 15) is 4.79 Å². The summed E-state index contributed by atoms with van der Waals surface area (Å²) in [5, 5.41) is 2.61. The lowest BCUT2D eigenvalue weighted by molar-refractivity contribution is -0.119. The van der Waals surface area contributed by atoms with Gasteiger partial charge in [0, 0.05) is 6.54 Å². The molecule has 12 heavy (non-hydrogen) atoms. The summed E-state index contributed by atoms with van der Waals surface area (Å²) in [5.74, 6) is -0.322. The van der Waals surface area contributed by atoms with Crippen molar-refractivity contribution in [3.63, 3.8) is 0 Å². The number of alkyl halides is 2. The zero-order valence-corrected chi connectivity index (χ0v) is 8.82. The Labute approximate surface area is 83.0 Å². The fourth-order valence-electron chi connectivity index (χ4n) is 0.684. The third-order valence-corrected chi connectivity index (χ3v) is 1.68. The van der Waals surface area contributed by atoms with Gasteiger partial charge in [-0.05, 0) is 27.1 Å². The molecule has 3 nitrogen and oxygen atoms in total. The van der Waals surface area contributed by atoms with E-state index in [2.05, 4.69) is 5.32 Å². The Morgan fingerprint density at radius 1 is 1.50 bits per heavy atom. The molecule has 0 atom stereocenters. The molecule has 0 aromatic carbocycles. The molecule has 0 aliphatic heterocycles. The van der Waals surface area contributed by atoms with Crippen molar-refractivity contribution in [3.8, 4) is 0 Å². The molecule has 0 fully saturated rings. The molecule has 0 unspecified atom stereocenters. The van der Waals surface area contributed by atoms with Crippen LogP contribution in [0.2, 0.25) is 0 Å². The Kier molecular flexibility index (Phi) is 6.52. The molecule has 0 heterocycles. The van der Waals surface area contributed by atoms with Crippen molar-refractivity contribution in [1.29, 1.82) is 0 Å². The second-order valence-electron chi connectivity index (χ2n) is 2.75. The van der Waals surface area contributed by atoms with Gasteiger partial charge in [-0.2, -0.15) is 0 Å². The summed E-state index contributed by atoms with van der Waals surface area (Å²) in [6.07, 6.45) is 0.902. The minimum atomic E-state index is -0.954. The number of rotatable bonds is 5. The van der Waals surface area contributed by atoms with Crippen LogP contribution in [0.15, 0.2) is 0 Å². The molecule has 72 valence electrons. The van der Waals surface area contributed by atoms with E-state index in [0.29, 0.717) is 6.54 Å². The lowest BCUT2D eigenvalue weighted by Gasteiger charge is -2.09. The first kappa shape index (κ1) is 12.0. The quantitative estimate of drug-likeness (QED) is 0.542. The van der Waals surface area contributed by atoms with E-state index in [-0.39, 0.29) is 5.91 Å². The average Bonchev–Trinajstić information content (AvgIpc) is 1.97. The highest BCUT2D eigenvalue weighted by Gasteiger charge is 2.09. The number of nitrogens with zero attached hydrogens (tertiary/aromatic N) is 1. The molecular formula is C7H14Cl2N2O. The summed E-state index contributed by atoms with van der Waals surface area (Å²) >= 11 is 10.6. The van der Waals surface area contributed by atoms with Gasteiger partial charge in [0.15, 0.2) is 4.84 Å². The van der Waals surface area contributed by atoms with Gasteiger partial charge in [-0.1, -0.05) is 23.2 Å². The second kappa shape index (κ2) is 6.52. The summed E-state index contributed by atoms with van der Waals surface area (Å²) in [5.41, 5.74) is 0. The Hall–Kier alpha value is 0.01000. The molecule has 0 aliphatic rings. The molecular weight excluding hydrogens is 199 g/mol. The molecule has 0 radical (unpaired) electrons. The van der Waals surface area contributed by atoms with Crippen LogP contribution in [0.1, 0.15) is 6.42 Å². The van der Waals surface area contributed by atoms with E-state index in [0.717, 1.165) is 13.0 Å². The number of carbonyl (C=O) groups is 1. The van der Waals surface area contributed by atoms with Crippen LogP contribution in [0.5, 0.6) is 0 Å². The van der Waals surface area contributed by atoms with E-state index in [1.807, 2.05) is 19.0 Å². The number of halogens is 2. The summed E-state index contributed by atoms with van der Waals surface area (Å²) in [4.78, 5) is 11.9. The van der Waals surface area contributed by atoms with Crippen molar-refractivity contribution in [2.24, 2.45) is 0 Å². The van der Waals surface area contributed by atoms with E-state index in [1.54, 1.807) is 0 Å². The molecule has 0 rings (SSSR count). The zero-order chi connectivity index (χ0) is 9.56. The van der Waals surface area contributed by atoms with Crippen LogP contribution in [0.25, 0.3) is 0 Å². The standard InChI is InChI=1S/C7H14Cl2N2O/c1-11(2)5-3-4-10-7(12)6(8)9/h6H,3-5H2,1-2H3,(H,10,12). The summed E-state index contributed by atoms with van der Waals surface area (Å²) in [7, 11) is 3.96. The first-order chi connectivity index (χ1) is 5.54. The lowest BCUT2D eigenvalue weighted by atomic mass is 10.4. The molecule has 0 bridgehead atoms. The Bertz CT molecular complexity index is 139. The maximum atomic E-state index is 10.8. The van der Waals surface area contributed by atoms with Crippen molar-refractivity contribution in [2.75, 3.05) is 27.2 Å². The Morgan fingerprint density at radius 3 is 2.50 bits per heavy atom. The first-order valence-corrected chi connectivity index (χ1v) is 4.62. The fraction of sp³-hybridized carbons (Fsp3) is 0.857. The van der Waals surface area contributed by atoms with Crippen molar-refractivity contribution >= 4 is 29.1 Å². The molecule has 0 aliphatic carbocycles. The third-order valence-electron chi connectivity index (χ3n) is 1.28. The lowest BCUT2D eigenvalue weighted by Crippen LogP contribution is -2.30. The third kappa shape index (κ3) is 6.70. The molecule has 0 aromatic rings. The van der Waals surface area contributed by atoms with Gasteiger partial charge in [0.1, 0.15) is 0 Å². The van der Waals surface area contributed by atoms with Gasteiger partial charge >= 0.3 is 0 Å². The van der Waals surface area contributed by atoms with E-state index in [4.69, 9.17) is 23.2 Å². The minimum absolute atomic E-state index is 0.322. The largest absolute Gasteiger partial charge is 0.354 e. The molecule has 0 aromatic heterocycles. The van der Waals surface area contributed by atoms with Gasteiger partial charge in [-0.15, -0.1) is 0 Å². The number of nitrogens with one attached hydrogen (secondary N) is 1. The Morgan fingerprint density at radius 2 is 2.08 bits per heavy atom. The number of hydrogen-bond acceptors (Lipinski definition) is 2. The SMILES string of the molecule is CN(C)CCCNC(=O)C(Cl)Cl. The van der Waals surface area contributed by atoms with E-state index >= 15 is 0 Å². The fourth-order valence-corrected chi connectivity index (χ4v) is 0.838. The zero-order valence-electron chi connectivity index (χ0n) is 7.31. The molecule has 0 spiro atoms. The molecule has 1 N–H and O–H groups in total. The van der Waals surface area contributed by atoms with Gasteiger partial charge < -0.3 is 10.2 Å². The van der Waals surface area contributed by atoms with Gasteiger partial charge in [-0.3, -0.25) is 4.79 Å². The van der Waals surface area contributed by atoms with Crippen molar-refractivity contribution in [1.82, 2.24) is 10.2 Å². The molecule has 5 heteroatoms. The monoisotopic (exact) mass is 212 g/mol. The maximum Gasteiger partial charge on any atom is 0.253 e. The molecule has 0 saturated carbocycles. The predicted octanol–water partition coefficient (Wildman–Crippen LogP) is 0.858. The van der Waals surface area contributed by atoms with Crippen molar-refractivity contribution in [2.45, 2.75) is 11.3 Å². The Balaban J connectivity index is 3.26. The van der Waals surface area contributed by atoms with Gasteiger partial charge in [0.2, 0.25) is 0 Å². The van der Waals surface area contributed by atoms with Gasteiger partial charge in [0.25, 0.3) is 5.91 Å². The topological polar surface area (TPSA) is 32.3 Å². The van der Waals surface area contributed by atoms with Crippen molar-refractivity contribution in [3.05, 3.63) is 0 Å². The van der Waals surface area contributed by atoms with E-state index < -0.39 is 4.84 Å². The number of hydrogen-bond donors (Lipinski definition) is 1. The molecule has 1 amide bonds. The molecule has 0 saturated heterocycles. The number of amides is 1. The normalized spacial score (nSPS) is 10.8. The van der Waals surface area contributed by atoms with Crippen LogP contribution < -0.4 is 5.32 Å². The highest BCUT2D eigenvalue weighted by atomic mass is 35.5. The van der Waals surface area contributed by atoms with Crippen LogP contribution in [-0.2, 0) is 4.79 Å². The highest BCUT2D eigenvalue weighted by Crippen LogP contribution is 1.99. The van der Waals surface area contributed by atoms with Crippen molar-refractivity contribution < 1.29 is 4.79 Å². The summed E-state index contributed by atoms with van der Waals surface area (Å²) in [6, 6.07) is 0. The number of carbonyl (C=O) groups excluding carboxylic acids is 1. The van der Waals surface area contributed by atoms with E-state index in [1.165, 1.54) is 0 Å². The van der Waals surface area contributed by atoms with Crippen LogP contribution >= 0.6 is 23.2 Å². The minimum Gasteiger partial charge on any atom is -0.354 e. The smallest absolute Gasteiger partial charge is 0.253 e. The summed E-state index contributed by atoms with van der Waals surface area (Å²) in [6.45, 7) is 1.56. The van der Waals surface area contributed by atoms with Gasteiger partial charge in [0.05, 0.1) is 0 Å². The predicted molar refractivity (Wildman–Crippen MR) is 51.7 cm³/mol. The van der Waals surface area contributed by atoms with Crippen LogP contribution in [0, 0.1) is 0 Å². The van der Waals surface area contributed by atoms with Crippen LogP contribution in [-0.4, -0.2) is 42.8 Å². The second-order valence-corrected chi connectivity index (χ2v) is 3.84. The highest BCUT2D eigenvalue weighted by molar-refractivity contribution is 6.53. The first-order valence-electron chi connectivity index (χ1n) is 3.74. The average molecular weight is 213 g/mol. The maximum absolute atomic E-state index is 10.8.